The molecule has 0 spiro atoms. The van der Waals surface area contributed by atoms with Gasteiger partial charge >= 0.3 is 0 Å². The summed E-state index contributed by atoms with van der Waals surface area (Å²) in [6.07, 6.45) is 1.06. The maximum absolute atomic E-state index is 11.9. The second-order valence-electron chi connectivity index (χ2n) is 5.09. The molecular weight excluding hydrogens is 330 g/mol. The van der Waals surface area contributed by atoms with E-state index in [9.17, 15) is 13.2 Å². The standard InChI is InChI=1S/C13H18BrNO3S/c1-9(19(4,17)18)12(16)15-13(2,3)10-5-7-11(14)8-6-10/h5-9H,1-4H3,(H,15,16)/t9-/m1/s1. The monoisotopic (exact) mass is 347 g/mol. The lowest BCUT2D eigenvalue weighted by Crippen LogP contribution is -2.47. The zero-order valence-electron chi connectivity index (χ0n) is 11.4. The van der Waals surface area contributed by atoms with E-state index in [-0.39, 0.29) is 0 Å². The highest BCUT2D eigenvalue weighted by molar-refractivity contribution is 9.10. The van der Waals surface area contributed by atoms with Gasteiger partial charge in [0.1, 0.15) is 5.25 Å². The lowest BCUT2D eigenvalue weighted by molar-refractivity contribution is -0.122. The van der Waals surface area contributed by atoms with Crippen molar-refractivity contribution in [3.63, 3.8) is 0 Å². The number of sulfone groups is 1. The number of nitrogens with one attached hydrogen (secondary N) is 1. The first-order valence-corrected chi connectivity index (χ1v) is 8.56. The second kappa shape index (κ2) is 5.63. The number of carbonyl (C=O) groups excluding carboxylic acids is 1. The molecule has 1 N–H and O–H groups in total. The van der Waals surface area contributed by atoms with Gasteiger partial charge in [0.25, 0.3) is 0 Å². The molecule has 106 valence electrons. The maximum atomic E-state index is 11.9. The van der Waals surface area contributed by atoms with Gasteiger partial charge in [-0.3, -0.25) is 4.79 Å². The van der Waals surface area contributed by atoms with E-state index >= 15 is 0 Å². The van der Waals surface area contributed by atoms with Crippen LogP contribution in [-0.2, 0) is 20.2 Å². The van der Waals surface area contributed by atoms with Crippen LogP contribution >= 0.6 is 15.9 Å². The van der Waals surface area contributed by atoms with E-state index < -0.39 is 26.5 Å². The third kappa shape index (κ3) is 4.31. The van der Waals surface area contributed by atoms with Gasteiger partial charge in [0.15, 0.2) is 9.84 Å². The van der Waals surface area contributed by atoms with Gasteiger partial charge in [-0.05, 0) is 38.5 Å². The number of carbonyl (C=O) groups is 1. The van der Waals surface area contributed by atoms with Crippen LogP contribution in [0, 0.1) is 0 Å². The molecule has 0 saturated carbocycles. The van der Waals surface area contributed by atoms with Gasteiger partial charge in [-0.2, -0.15) is 0 Å². The summed E-state index contributed by atoms with van der Waals surface area (Å²) in [7, 11) is -3.38. The molecule has 4 nitrogen and oxygen atoms in total. The van der Waals surface area contributed by atoms with Gasteiger partial charge in [-0.15, -0.1) is 0 Å². The molecule has 0 aromatic heterocycles. The topological polar surface area (TPSA) is 63.2 Å². The van der Waals surface area contributed by atoms with E-state index in [0.29, 0.717) is 0 Å². The van der Waals surface area contributed by atoms with Crippen LogP contribution in [0.2, 0.25) is 0 Å². The fourth-order valence-electron chi connectivity index (χ4n) is 1.54. The van der Waals surface area contributed by atoms with E-state index in [1.807, 2.05) is 38.1 Å². The van der Waals surface area contributed by atoms with Gasteiger partial charge in [0, 0.05) is 10.7 Å². The first-order valence-electron chi connectivity index (χ1n) is 5.81. The van der Waals surface area contributed by atoms with Crippen LogP contribution in [0.1, 0.15) is 26.3 Å². The summed E-state index contributed by atoms with van der Waals surface area (Å²) in [4.78, 5) is 11.9. The molecule has 0 radical (unpaired) electrons. The average Bonchev–Trinajstić information content (AvgIpc) is 2.26. The molecule has 19 heavy (non-hydrogen) atoms. The van der Waals surface area contributed by atoms with Crippen LogP contribution in [0.3, 0.4) is 0 Å². The Hall–Kier alpha value is -0.880. The minimum atomic E-state index is -3.38. The molecule has 0 fully saturated rings. The van der Waals surface area contributed by atoms with Gasteiger partial charge in [0.05, 0.1) is 5.54 Å². The largest absolute Gasteiger partial charge is 0.346 e. The normalized spacial score (nSPS) is 13.9. The first-order chi connectivity index (χ1) is 8.54. The molecule has 0 bridgehead atoms. The Labute approximate surface area is 122 Å². The van der Waals surface area contributed by atoms with Crippen LogP contribution < -0.4 is 5.32 Å². The van der Waals surface area contributed by atoms with E-state index in [4.69, 9.17) is 0 Å². The summed E-state index contributed by atoms with van der Waals surface area (Å²) in [5, 5.41) is 1.71. The van der Waals surface area contributed by atoms with Crippen molar-refractivity contribution in [2.24, 2.45) is 0 Å². The summed E-state index contributed by atoms with van der Waals surface area (Å²) in [5.41, 5.74) is 0.279. The molecule has 0 unspecified atom stereocenters. The van der Waals surface area contributed by atoms with E-state index in [0.717, 1.165) is 16.3 Å². The minimum absolute atomic E-state index is 0.490. The minimum Gasteiger partial charge on any atom is -0.346 e. The Morgan fingerprint density at radius 3 is 2.16 bits per heavy atom. The molecule has 0 aliphatic rings. The smallest absolute Gasteiger partial charge is 0.238 e. The summed E-state index contributed by atoms with van der Waals surface area (Å²) in [6.45, 7) is 5.06. The third-order valence-electron chi connectivity index (χ3n) is 3.01. The first kappa shape index (κ1) is 16.2. The molecule has 1 amide bonds. The fraction of sp³-hybridized carbons (Fsp3) is 0.462. The lowest BCUT2D eigenvalue weighted by Gasteiger charge is -2.28. The number of amides is 1. The highest BCUT2D eigenvalue weighted by Crippen LogP contribution is 2.22. The van der Waals surface area contributed by atoms with Crippen LogP contribution in [0.4, 0.5) is 0 Å². The summed E-state index contributed by atoms with van der Waals surface area (Å²) < 4.78 is 23.7. The average molecular weight is 348 g/mol. The number of hydrogen-bond acceptors (Lipinski definition) is 3. The van der Waals surface area contributed by atoms with Crippen LogP contribution in [0.25, 0.3) is 0 Å². The Kier molecular flexibility index (Phi) is 4.79. The Balaban J connectivity index is 2.91. The maximum Gasteiger partial charge on any atom is 0.238 e. The zero-order chi connectivity index (χ0) is 14.8. The van der Waals surface area contributed by atoms with Gasteiger partial charge in [-0.1, -0.05) is 28.1 Å². The van der Waals surface area contributed by atoms with Gasteiger partial charge < -0.3 is 5.32 Å². The van der Waals surface area contributed by atoms with Crippen LogP contribution in [0.15, 0.2) is 28.7 Å². The van der Waals surface area contributed by atoms with Crippen molar-refractivity contribution in [3.8, 4) is 0 Å². The molecule has 0 aliphatic heterocycles. The fourth-order valence-corrected chi connectivity index (χ4v) is 2.25. The molecule has 1 aromatic rings. The molecule has 1 atom stereocenters. The van der Waals surface area contributed by atoms with Crippen molar-refractivity contribution in [1.29, 1.82) is 0 Å². The molecule has 6 heteroatoms. The van der Waals surface area contributed by atoms with Gasteiger partial charge in [-0.25, -0.2) is 8.42 Å². The van der Waals surface area contributed by atoms with Crippen LogP contribution in [0.5, 0.6) is 0 Å². The summed E-state index contributed by atoms with van der Waals surface area (Å²) in [5.74, 6) is -0.490. The van der Waals surface area contributed by atoms with Crippen molar-refractivity contribution in [2.75, 3.05) is 6.26 Å². The van der Waals surface area contributed by atoms with Crippen molar-refractivity contribution >= 4 is 31.7 Å². The van der Waals surface area contributed by atoms with Crippen molar-refractivity contribution in [3.05, 3.63) is 34.3 Å². The summed E-state index contributed by atoms with van der Waals surface area (Å²) >= 11 is 3.35. The number of benzene rings is 1. The lowest BCUT2D eigenvalue weighted by atomic mass is 9.94. The Bertz CT molecular complexity index is 564. The number of rotatable bonds is 4. The highest BCUT2D eigenvalue weighted by atomic mass is 79.9. The molecule has 0 saturated heterocycles. The third-order valence-corrected chi connectivity index (χ3v) is 5.04. The molecule has 0 aliphatic carbocycles. The van der Waals surface area contributed by atoms with E-state index in [1.54, 1.807) is 0 Å². The Morgan fingerprint density at radius 1 is 1.26 bits per heavy atom. The highest BCUT2D eigenvalue weighted by Gasteiger charge is 2.29. The van der Waals surface area contributed by atoms with Crippen molar-refractivity contribution < 1.29 is 13.2 Å². The zero-order valence-corrected chi connectivity index (χ0v) is 13.8. The van der Waals surface area contributed by atoms with E-state index in [2.05, 4.69) is 21.2 Å². The molecular formula is C13H18BrNO3S. The van der Waals surface area contributed by atoms with Crippen molar-refractivity contribution in [2.45, 2.75) is 31.6 Å². The molecule has 1 rings (SSSR count). The predicted molar refractivity (Wildman–Crippen MR) is 79.6 cm³/mol. The van der Waals surface area contributed by atoms with E-state index in [1.165, 1.54) is 6.92 Å². The quantitative estimate of drug-likeness (QED) is 0.908. The summed E-state index contributed by atoms with van der Waals surface area (Å²) in [6, 6.07) is 7.53. The molecule has 0 heterocycles. The van der Waals surface area contributed by atoms with Gasteiger partial charge in [0.2, 0.25) is 5.91 Å². The van der Waals surface area contributed by atoms with Crippen molar-refractivity contribution in [1.82, 2.24) is 5.32 Å². The molecule has 1 aromatic carbocycles. The SMILES string of the molecule is C[C@H](C(=O)NC(C)(C)c1ccc(Br)cc1)S(C)(=O)=O. The number of hydrogen-bond donors (Lipinski definition) is 1. The number of halogens is 1. The second-order valence-corrected chi connectivity index (χ2v) is 8.37. The predicted octanol–water partition coefficient (Wildman–Crippen LogP) is 2.23. The Morgan fingerprint density at radius 2 is 1.74 bits per heavy atom. The van der Waals surface area contributed by atoms with Crippen LogP contribution in [-0.4, -0.2) is 25.8 Å².